The van der Waals surface area contributed by atoms with E-state index >= 15 is 0 Å². The second kappa shape index (κ2) is 8.81. The number of fused-ring (bicyclic) bond motifs is 1. The lowest BCUT2D eigenvalue weighted by Gasteiger charge is -2.19. The number of unbranched alkanes of at least 4 members (excludes halogenated alkanes) is 1. The Kier molecular flexibility index (Phi) is 7.34. The zero-order valence-corrected chi connectivity index (χ0v) is 12.4. The molecule has 0 spiro atoms. The highest BCUT2D eigenvalue weighted by Crippen LogP contribution is 2.25. The zero-order valence-electron chi connectivity index (χ0n) is 11.7. The van der Waals surface area contributed by atoms with Crippen molar-refractivity contribution in [3.63, 3.8) is 0 Å². The number of carbonyl (C=O) groups is 1. The first-order chi connectivity index (χ1) is 9.33. The van der Waals surface area contributed by atoms with Gasteiger partial charge in [-0.1, -0.05) is 19.9 Å². The van der Waals surface area contributed by atoms with Crippen LogP contribution in [0.5, 0.6) is 5.75 Å². The van der Waals surface area contributed by atoms with E-state index in [-0.39, 0.29) is 5.91 Å². The van der Waals surface area contributed by atoms with Crippen molar-refractivity contribution in [1.82, 2.24) is 5.32 Å². The first-order valence-corrected chi connectivity index (χ1v) is 7.45. The van der Waals surface area contributed by atoms with Gasteiger partial charge in [0.2, 0.25) is 0 Å². The number of benzene rings is 1. The third-order valence-corrected chi connectivity index (χ3v) is 3.09. The molecule has 0 radical (unpaired) electrons. The molecule has 0 unspecified atom stereocenters. The second-order valence-corrected chi connectivity index (χ2v) is 4.41. The number of hydrogen-bond acceptors (Lipinski definition) is 2. The van der Waals surface area contributed by atoms with E-state index < -0.39 is 0 Å². The van der Waals surface area contributed by atoms with Crippen LogP contribution in [0.4, 0.5) is 0 Å². The van der Waals surface area contributed by atoms with E-state index in [4.69, 9.17) is 16.3 Å². The Balaban J connectivity index is 0.000000861. The van der Waals surface area contributed by atoms with Gasteiger partial charge in [0.05, 0.1) is 6.61 Å². The van der Waals surface area contributed by atoms with E-state index in [9.17, 15) is 4.79 Å². The molecule has 0 saturated heterocycles. The Morgan fingerprint density at radius 3 is 2.84 bits per heavy atom. The van der Waals surface area contributed by atoms with Crippen LogP contribution in [-0.2, 0) is 6.42 Å². The number of hydrogen-bond donors (Lipinski definition) is 1. The molecular weight excluding hydrogens is 262 g/mol. The molecule has 2 rings (SSSR count). The summed E-state index contributed by atoms with van der Waals surface area (Å²) >= 11 is 5.61. The molecule has 0 atom stereocenters. The fourth-order valence-corrected chi connectivity index (χ4v) is 2.14. The largest absolute Gasteiger partial charge is 0.493 e. The summed E-state index contributed by atoms with van der Waals surface area (Å²) in [4.78, 5) is 11.6. The maximum Gasteiger partial charge on any atom is 0.251 e. The maximum atomic E-state index is 11.6. The highest BCUT2D eigenvalue weighted by Gasteiger charge is 2.19. The number of rotatable bonds is 5. The summed E-state index contributed by atoms with van der Waals surface area (Å²) in [5.41, 5.74) is 1.77. The average molecular weight is 284 g/mol. The highest BCUT2D eigenvalue weighted by molar-refractivity contribution is 6.17. The predicted octanol–water partition coefficient (Wildman–Crippen LogP) is 3.40. The van der Waals surface area contributed by atoms with Crippen LogP contribution in [0.15, 0.2) is 18.2 Å². The molecule has 1 heterocycles. The minimum Gasteiger partial charge on any atom is -0.493 e. The molecule has 106 valence electrons. The first-order valence-electron chi connectivity index (χ1n) is 6.92. The smallest absolute Gasteiger partial charge is 0.251 e. The molecule has 1 aliphatic heterocycles. The minimum atomic E-state index is -0.00235. The van der Waals surface area contributed by atoms with Crippen LogP contribution < -0.4 is 10.1 Å². The molecule has 1 aliphatic rings. The predicted molar refractivity (Wildman–Crippen MR) is 79.3 cm³/mol. The summed E-state index contributed by atoms with van der Waals surface area (Å²) in [5.74, 6) is 1.50. The standard InChI is InChI=1S/C13H16ClNO2.C2H6/c14-7-1-2-9-17-12-5-3-4-11-10(12)6-8-15-13(11)16;1-2/h3-5H,1-2,6-9H2,(H,15,16);1-2H3. The molecule has 4 heteroatoms. The van der Waals surface area contributed by atoms with Crippen LogP contribution >= 0.6 is 11.6 Å². The van der Waals surface area contributed by atoms with Crippen LogP contribution in [0.1, 0.15) is 42.6 Å². The lowest BCUT2D eigenvalue weighted by atomic mass is 9.99. The van der Waals surface area contributed by atoms with Gasteiger partial charge >= 0.3 is 0 Å². The number of ether oxygens (including phenoxy) is 1. The van der Waals surface area contributed by atoms with Crippen LogP contribution in [0, 0.1) is 0 Å². The van der Waals surface area contributed by atoms with Crippen molar-refractivity contribution in [3.05, 3.63) is 29.3 Å². The van der Waals surface area contributed by atoms with Crippen LogP contribution in [0.2, 0.25) is 0 Å². The lowest BCUT2D eigenvalue weighted by Crippen LogP contribution is -2.32. The fraction of sp³-hybridized carbons (Fsp3) is 0.533. The Bertz CT molecular complexity index is 407. The van der Waals surface area contributed by atoms with E-state index in [0.29, 0.717) is 19.0 Å². The number of halogens is 1. The summed E-state index contributed by atoms with van der Waals surface area (Å²) in [6.07, 6.45) is 2.74. The fourth-order valence-electron chi connectivity index (χ4n) is 1.95. The second-order valence-electron chi connectivity index (χ2n) is 4.03. The molecule has 1 aromatic rings. The van der Waals surface area contributed by atoms with Gasteiger partial charge in [-0.2, -0.15) is 0 Å². The Labute approximate surface area is 120 Å². The third-order valence-electron chi connectivity index (χ3n) is 2.82. The Hall–Kier alpha value is -1.22. The molecular formula is C15H22ClNO2. The molecule has 0 aromatic heterocycles. The van der Waals surface area contributed by atoms with Gasteiger partial charge in [-0.25, -0.2) is 0 Å². The highest BCUT2D eigenvalue weighted by atomic mass is 35.5. The molecule has 0 aliphatic carbocycles. The van der Waals surface area contributed by atoms with Gasteiger partial charge in [-0.05, 0) is 31.4 Å². The van der Waals surface area contributed by atoms with Crippen molar-refractivity contribution in [2.45, 2.75) is 33.1 Å². The quantitative estimate of drug-likeness (QED) is 0.664. The van der Waals surface area contributed by atoms with Crippen molar-refractivity contribution in [1.29, 1.82) is 0 Å². The first kappa shape index (κ1) is 15.8. The van der Waals surface area contributed by atoms with E-state index in [1.165, 1.54) is 0 Å². The summed E-state index contributed by atoms with van der Waals surface area (Å²) in [6, 6.07) is 5.63. The summed E-state index contributed by atoms with van der Waals surface area (Å²) in [6.45, 7) is 5.35. The summed E-state index contributed by atoms with van der Waals surface area (Å²) in [7, 11) is 0. The van der Waals surface area contributed by atoms with E-state index in [1.54, 1.807) is 0 Å². The molecule has 0 saturated carbocycles. The average Bonchev–Trinajstić information content (AvgIpc) is 2.46. The molecule has 1 N–H and O–H groups in total. The van der Waals surface area contributed by atoms with E-state index in [0.717, 1.165) is 36.1 Å². The SMILES string of the molecule is CC.O=C1NCCc2c(OCCCCCl)cccc21. The van der Waals surface area contributed by atoms with Gasteiger partial charge < -0.3 is 10.1 Å². The normalized spacial score (nSPS) is 12.9. The Morgan fingerprint density at radius 1 is 1.32 bits per heavy atom. The maximum absolute atomic E-state index is 11.6. The van der Waals surface area contributed by atoms with Crippen molar-refractivity contribution in [2.24, 2.45) is 0 Å². The number of nitrogens with one attached hydrogen (secondary N) is 1. The van der Waals surface area contributed by atoms with Crippen LogP contribution in [0.3, 0.4) is 0 Å². The van der Waals surface area contributed by atoms with Crippen molar-refractivity contribution >= 4 is 17.5 Å². The third kappa shape index (κ3) is 4.43. The van der Waals surface area contributed by atoms with Gasteiger partial charge in [0.1, 0.15) is 5.75 Å². The van der Waals surface area contributed by atoms with Gasteiger partial charge in [-0.3, -0.25) is 4.79 Å². The van der Waals surface area contributed by atoms with Gasteiger partial charge in [0, 0.05) is 23.6 Å². The van der Waals surface area contributed by atoms with Crippen molar-refractivity contribution in [3.8, 4) is 5.75 Å². The summed E-state index contributed by atoms with van der Waals surface area (Å²) in [5, 5.41) is 2.83. The molecule has 1 aromatic carbocycles. The van der Waals surface area contributed by atoms with Gasteiger partial charge in [0.15, 0.2) is 0 Å². The molecule has 19 heavy (non-hydrogen) atoms. The molecule has 1 amide bonds. The molecule has 0 bridgehead atoms. The monoisotopic (exact) mass is 283 g/mol. The summed E-state index contributed by atoms with van der Waals surface area (Å²) < 4.78 is 5.72. The minimum absolute atomic E-state index is 0.00235. The number of amides is 1. The Morgan fingerprint density at radius 2 is 2.11 bits per heavy atom. The van der Waals surface area contributed by atoms with Gasteiger partial charge in [0.25, 0.3) is 5.91 Å². The van der Waals surface area contributed by atoms with Crippen molar-refractivity contribution < 1.29 is 9.53 Å². The van der Waals surface area contributed by atoms with Crippen molar-refractivity contribution in [2.75, 3.05) is 19.0 Å². The molecule has 0 fully saturated rings. The number of carbonyl (C=O) groups excluding carboxylic acids is 1. The van der Waals surface area contributed by atoms with E-state index in [2.05, 4.69) is 5.32 Å². The van der Waals surface area contributed by atoms with Gasteiger partial charge in [-0.15, -0.1) is 11.6 Å². The van der Waals surface area contributed by atoms with Crippen LogP contribution in [-0.4, -0.2) is 24.9 Å². The topological polar surface area (TPSA) is 38.3 Å². The number of alkyl halides is 1. The van der Waals surface area contributed by atoms with E-state index in [1.807, 2.05) is 32.0 Å². The zero-order chi connectivity index (χ0) is 14.1. The molecule has 3 nitrogen and oxygen atoms in total. The lowest BCUT2D eigenvalue weighted by molar-refractivity contribution is 0.0945. The van der Waals surface area contributed by atoms with Crippen LogP contribution in [0.25, 0.3) is 0 Å².